The first-order valence-electron chi connectivity index (χ1n) is 8.74. The van der Waals surface area contributed by atoms with E-state index in [-0.39, 0.29) is 10.5 Å². The Morgan fingerprint density at radius 2 is 1.50 bits per heavy atom. The largest absolute Gasteiger partial charge is 0.418 e. The highest BCUT2D eigenvalue weighted by Crippen LogP contribution is 2.34. The molecule has 0 aliphatic carbocycles. The van der Waals surface area contributed by atoms with E-state index in [1.165, 1.54) is 30.3 Å². The monoisotopic (exact) mass is 434 g/mol. The highest BCUT2D eigenvalue weighted by atomic mass is 32.2. The summed E-state index contributed by atoms with van der Waals surface area (Å²) in [6.45, 7) is 1.74. The van der Waals surface area contributed by atoms with E-state index in [1.54, 1.807) is 31.2 Å². The van der Waals surface area contributed by atoms with Crippen LogP contribution in [0.5, 0.6) is 0 Å². The van der Waals surface area contributed by atoms with Gasteiger partial charge in [-0.15, -0.1) is 0 Å². The maximum Gasteiger partial charge on any atom is 0.418 e. The van der Waals surface area contributed by atoms with E-state index in [9.17, 15) is 26.4 Å². The summed E-state index contributed by atoms with van der Waals surface area (Å²) < 4.78 is 67.2. The zero-order valence-corrected chi connectivity index (χ0v) is 16.5. The van der Waals surface area contributed by atoms with Gasteiger partial charge in [0, 0.05) is 5.56 Å². The van der Waals surface area contributed by atoms with Crippen LogP contribution in [0.25, 0.3) is 0 Å². The van der Waals surface area contributed by atoms with E-state index >= 15 is 0 Å². The van der Waals surface area contributed by atoms with Gasteiger partial charge in [0.1, 0.15) is 0 Å². The van der Waals surface area contributed by atoms with Crippen LogP contribution >= 0.6 is 0 Å². The van der Waals surface area contributed by atoms with Crippen molar-refractivity contribution in [3.8, 4) is 0 Å². The van der Waals surface area contributed by atoms with Crippen LogP contribution in [-0.2, 0) is 16.2 Å². The number of carbonyl (C=O) groups is 1. The van der Waals surface area contributed by atoms with Crippen molar-refractivity contribution in [3.63, 3.8) is 0 Å². The van der Waals surface area contributed by atoms with Gasteiger partial charge in [-0.05, 0) is 48.9 Å². The Morgan fingerprint density at radius 1 is 0.867 bits per heavy atom. The molecule has 0 radical (unpaired) electrons. The number of hydrogen-bond acceptors (Lipinski definition) is 3. The fourth-order valence-electron chi connectivity index (χ4n) is 2.73. The van der Waals surface area contributed by atoms with Gasteiger partial charge in [-0.25, -0.2) is 8.42 Å². The molecule has 0 fully saturated rings. The maximum absolute atomic E-state index is 13.1. The Morgan fingerprint density at radius 3 is 2.17 bits per heavy atom. The summed E-state index contributed by atoms with van der Waals surface area (Å²) in [6.07, 6.45) is -4.65. The van der Waals surface area contributed by atoms with E-state index in [1.807, 2.05) is 0 Å². The highest BCUT2D eigenvalue weighted by Gasteiger charge is 2.33. The fraction of sp³-hybridized carbons (Fsp3) is 0.0952. The van der Waals surface area contributed by atoms with Crippen molar-refractivity contribution in [2.24, 2.45) is 0 Å². The van der Waals surface area contributed by atoms with Crippen LogP contribution in [-0.4, -0.2) is 14.3 Å². The van der Waals surface area contributed by atoms with Gasteiger partial charge in [-0.2, -0.15) is 13.2 Å². The molecule has 0 bridgehead atoms. The Labute approximate surface area is 171 Å². The van der Waals surface area contributed by atoms with Gasteiger partial charge in [0.2, 0.25) is 0 Å². The first-order valence-corrected chi connectivity index (χ1v) is 10.2. The first-order chi connectivity index (χ1) is 14.1. The topological polar surface area (TPSA) is 75.3 Å². The Balaban J connectivity index is 1.87. The van der Waals surface area contributed by atoms with Gasteiger partial charge >= 0.3 is 6.18 Å². The smallest absolute Gasteiger partial charge is 0.321 e. The summed E-state index contributed by atoms with van der Waals surface area (Å²) in [5, 5.41) is 2.20. The number of rotatable bonds is 5. The lowest BCUT2D eigenvalue weighted by molar-refractivity contribution is -0.136. The van der Waals surface area contributed by atoms with E-state index in [2.05, 4.69) is 10.0 Å². The third-order valence-electron chi connectivity index (χ3n) is 4.28. The highest BCUT2D eigenvalue weighted by molar-refractivity contribution is 7.92. The average molecular weight is 434 g/mol. The number of para-hydroxylation sites is 2. The summed E-state index contributed by atoms with van der Waals surface area (Å²) in [6, 6.07) is 16.4. The van der Waals surface area contributed by atoms with E-state index < -0.39 is 33.4 Å². The average Bonchev–Trinajstić information content (AvgIpc) is 2.69. The number of carbonyl (C=O) groups excluding carboxylic acids is 1. The van der Waals surface area contributed by atoms with E-state index in [0.717, 1.165) is 18.2 Å². The lowest BCUT2D eigenvalue weighted by atomic mass is 10.1. The van der Waals surface area contributed by atoms with Gasteiger partial charge in [0.25, 0.3) is 15.9 Å². The molecule has 0 saturated carbocycles. The van der Waals surface area contributed by atoms with Crippen LogP contribution in [0.2, 0.25) is 0 Å². The zero-order valence-electron chi connectivity index (χ0n) is 15.7. The van der Waals surface area contributed by atoms with Gasteiger partial charge in [-0.3, -0.25) is 9.52 Å². The minimum absolute atomic E-state index is 0.0976. The second-order valence-electron chi connectivity index (χ2n) is 6.45. The number of alkyl halides is 3. The molecule has 0 aliphatic heterocycles. The molecule has 0 saturated heterocycles. The molecule has 0 unspecified atom stereocenters. The normalized spacial score (nSPS) is 11.7. The third-order valence-corrected chi connectivity index (χ3v) is 5.64. The summed E-state index contributed by atoms with van der Waals surface area (Å²) in [4.78, 5) is 12.3. The van der Waals surface area contributed by atoms with Crippen molar-refractivity contribution in [2.45, 2.75) is 18.0 Å². The van der Waals surface area contributed by atoms with Gasteiger partial charge in [0.05, 0.1) is 21.8 Å². The Kier molecular flexibility index (Phi) is 5.84. The van der Waals surface area contributed by atoms with Crippen LogP contribution in [0, 0.1) is 6.92 Å². The van der Waals surface area contributed by atoms with Crippen molar-refractivity contribution in [3.05, 3.63) is 89.5 Å². The van der Waals surface area contributed by atoms with Gasteiger partial charge in [0.15, 0.2) is 0 Å². The molecule has 1 amide bonds. The molecule has 3 aromatic carbocycles. The molecule has 9 heteroatoms. The number of anilines is 2. The molecule has 3 rings (SSSR count). The van der Waals surface area contributed by atoms with Gasteiger partial charge < -0.3 is 5.32 Å². The lowest BCUT2D eigenvalue weighted by Crippen LogP contribution is -2.18. The molecule has 5 nitrogen and oxygen atoms in total. The predicted octanol–water partition coefficient (Wildman–Crippen LogP) is 5.07. The van der Waals surface area contributed by atoms with Crippen molar-refractivity contribution >= 4 is 27.3 Å². The SMILES string of the molecule is Cc1ccccc1NS(=O)(=O)c1cccc(C(=O)Nc2ccccc2C(F)(F)F)c1. The predicted molar refractivity (Wildman–Crippen MR) is 108 cm³/mol. The second-order valence-corrected chi connectivity index (χ2v) is 8.13. The minimum Gasteiger partial charge on any atom is -0.321 e. The number of amides is 1. The van der Waals surface area contributed by atoms with E-state index in [0.29, 0.717) is 11.3 Å². The Hall–Kier alpha value is -3.33. The van der Waals surface area contributed by atoms with Crippen molar-refractivity contribution in [2.75, 3.05) is 10.0 Å². The molecular weight excluding hydrogens is 417 g/mol. The molecule has 0 aliphatic rings. The van der Waals surface area contributed by atoms with Crippen molar-refractivity contribution < 1.29 is 26.4 Å². The van der Waals surface area contributed by atoms with Crippen LogP contribution < -0.4 is 10.0 Å². The lowest BCUT2D eigenvalue weighted by Gasteiger charge is -2.14. The number of hydrogen-bond donors (Lipinski definition) is 2. The number of benzene rings is 3. The van der Waals surface area contributed by atoms with Crippen LogP contribution in [0.4, 0.5) is 24.5 Å². The summed E-state index contributed by atoms with van der Waals surface area (Å²) in [7, 11) is -4.01. The number of nitrogens with one attached hydrogen (secondary N) is 2. The third kappa shape index (κ3) is 4.80. The summed E-state index contributed by atoms with van der Waals surface area (Å²) >= 11 is 0. The molecule has 2 N–H and O–H groups in total. The van der Waals surface area contributed by atoms with Crippen LogP contribution in [0.15, 0.2) is 77.7 Å². The molecule has 0 spiro atoms. The van der Waals surface area contributed by atoms with E-state index in [4.69, 9.17) is 0 Å². The van der Waals surface area contributed by atoms with Gasteiger partial charge in [-0.1, -0.05) is 36.4 Å². The van der Waals surface area contributed by atoms with Crippen LogP contribution in [0.3, 0.4) is 0 Å². The second kappa shape index (κ2) is 8.19. The Bertz CT molecular complexity index is 1190. The molecule has 0 heterocycles. The van der Waals surface area contributed by atoms with Crippen molar-refractivity contribution in [1.82, 2.24) is 0 Å². The maximum atomic E-state index is 13.1. The summed E-state index contributed by atoms with van der Waals surface area (Å²) in [5.41, 5.74) is -0.422. The number of sulfonamides is 1. The molecule has 3 aromatic rings. The standard InChI is InChI=1S/C21H17F3N2O3S/c1-14-7-2-4-11-18(14)26-30(28,29)16-9-6-8-15(13-16)20(27)25-19-12-5-3-10-17(19)21(22,23)24/h2-13,26H,1H3,(H,25,27). The number of aryl methyl sites for hydroxylation is 1. The minimum atomic E-state index is -4.65. The first kappa shape index (κ1) is 21.4. The summed E-state index contributed by atoms with van der Waals surface area (Å²) in [5.74, 6) is -0.861. The number of halogens is 3. The fourth-order valence-corrected chi connectivity index (χ4v) is 3.91. The molecular formula is C21H17F3N2O3S. The molecule has 0 aromatic heterocycles. The van der Waals surface area contributed by atoms with Crippen LogP contribution in [0.1, 0.15) is 21.5 Å². The molecule has 30 heavy (non-hydrogen) atoms. The zero-order chi connectivity index (χ0) is 21.9. The quantitative estimate of drug-likeness (QED) is 0.589. The molecule has 156 valence electrons. The van der Waals surface area contributed by atoms with Crippen molar-refractivity contribution in [1.29, 1.82) is 0 Å². The molecule has 0 atom stereocenters.